The average Bonchev–Trinajstić information content (AvgIpc) is 3.13. The monoisotopic (exact) mass is 328 g/mol. The van der Waals surface area contributed by atoms with Gasteiger partial charge in [0.2, 0.25) is 0 Å². The van der Waals surface area contributed by atoms with Crippen LogP contribution in [-0.4, -0.2) is 39.5 Å². The van der Waals surface area contributed by atoms with E-state index in [0.717, 1.165) is 25.3 Å². The lowest BCUT2D eigenvalue weighted by molar-refractivity contribution is -0.142. The van der Waals surface area contributed by atoms with Gasteiger partial charge < -0.3 is 10.0 Å². The largest absolute Gasteiger partial charge is 0.480 e. The Labute approximate surface area is 138 Å². The van der Waals surface area contributed by atoms with Crippen molar-refractivity contribution >= 4 is 22.8 Å². The first kappa shape index (κ1) is 15.1. The number of carbonyl (C=O) groups excluding carboxylic acids is 1. The van der Waals surface area contributed by atoms with Gasteiger partial charge in [0.05, 0.1) is 11.1 Å². The number of pyridine rings is 1. The molecule has 0 unspecified atom stereocenters. The molecule has 1 aromatic heterocycles. The Kier molecular flexibility index (Phi) is 3.48. The summed E-state index contributed by atoms with van der Waals surface area (Å²) >= 11 is 0. The molecule has 1 amide bonds. The number of amides is 1. The summed E-state index contributed by atoms with van der Waals surface area (Å²) < 4.78 is 13.9. The molecule has 1 saturated heterocycles. The highest BCUT2D eigenvalue weighted by Crippen LogP contribution is 2.43. The van der Waals surface area contributed by atoms with Gasteiger partial charge in [-0.05, 0) is 42.9 Å². The van der Waals surface area contributed by atoms with Gasteiger partial charge in [-0.15, -0.1) is 0 Å². The summed E-state index contributed by atoms with van der Waals surface area (Å²) in [5.74, 6) is -1.72. The number of aliphatic carboxylic acids is 1. The minimum Gasteiger partial charge on any atom is -0.480 e. The van der Waals surface area contributed by atoms with E-state index in [9.17, 15) is 19.1 Å². The molecule has 1 saturated carbocycles. The van der Waals surface area contributed by atoms with Crippen LogP contribution in [0.5, 0.6) is 0 Å². The Balaban J connectivity index is 1.77. The van der Waals surface area contributed by atoms with Crippen LogP contribution in [0, 0.1) is 17.7 Å². The number of likely N-dealkylation sites (tertiary alicyclic amines) is 1. The van der Waals surface area contributed by atoms with Gasteiger partial charge in [-0.1, -0.05) is 12.5 Å². The summed E-state index contributed by atoms with van der Waals surface area (Å²) in [5, 5.41) is 10.1. The first-order chi connectivity index (χ1) is 11.6. The molecule has 0 radical (unpaired) electrons. The highest BCUT2D eigenvalue weighted by atomic mass is 19.1. The predicted molar refractivity (Wildman–Crippen MR) is 85.0 cm³/mol. The number of carboxylic acid groups (broad SMARTS) is 1. The van der Waals surface area contributed by atoms with Crippen molar-refractivity contribution in [1.82, 2.24) is 9.88 Å². The fraction of sp³-hybridized carbons (Fsp3) is 0.389. The fourth-order valence-corrected chi connectivity index (χ4v) is 4.30. The zero-order valence-corrected chi connectivity index (χ0v) is 13.0. The maximum Gasteiger partial charge on any atom is 0.326 e. The van der Waals surface area contributed by atoms with E-state index in [2.05, 4.69) is 4.98 Å². The van der Waals surface area contributed by atoms with Crippen molar-refractivity contribution in [3.63, 3.8) is 0 Å². The molecular weight excluding hydrogens is 311 g/mol. The molecule has 0 spiro atoms. The summed E-state index contributed by atoms with van der Waals surface area (Å²) in [5.41, 5.74) is 0.543. The van der Waals surface area contributed by atoms with Gasteiger partial charge in [0.1, 0.15) is 11.9 Å². The molecule has 24 heavy (non-hydrogen) atoms. The molecule has 124 valence electrons. The summed E-state index contributed by atoms with van der Waals surface area (Å²) in [4.78, 5) is 30.4. The molecule has 5 nitrogen and oxygen atoms in total. The van der Waals surface area contributed by atoms with E-state index in [1.165, 1.54) is 11.0 Å². The van der Waals surface area contributed by atoms with Crippen LogP contribution in [0.2, 0.25) is 0 Å². The van der Waals surface area contributed by atoms with Crippen LogP contribution in [0.1, 0.15) is 29.6 Å². The first-order valence-corrected chi connectivity index (χ1v) is 8.14. The van der Waals surface area contributed by atoms with Crippen molar-refractivity contribution in [3.8, 4) is 0 Å². The maximum atomic E-state index is 13.9. The van der Waals surface area contributed by atoms with Crippen molar-refractivity contribution in [2.75, 3.05) is 6.54 Å². The van der Waals surface area contributed by atoms with E-state index >= 15 is 0 Å². The first-order valence-electron chi connectivity index (χ1n) is 8.14. The lowest BCUT2D eigenvalue weighted by atomic mass is 9.94. The molecule has 1 aliphatic heterocycles. The van der Waals surface area contributed by atoms with Gasteiger partial charge in [-0.3, -0.25) is 9.78 Å². The number of halogens is 1. The fourth-order valence-electron chi connectivity index (χ4n) is 4.30. The van der Waals surface area contributed by atoms with E-state index in [1.807, 2.05) is 0 Å². The summed E-state index contributed by atoms with van der Waals surface area (Å²) in [6, 6.07) is 5.02. The van der Waals surface area contributed by atoms with Crippen LogP contribution in [0.25, 0.3) is 10.9 Å². The Bertz CT molecular complexity index is 838. The number of benzene rings is 1. The van der Waals surface area contributed by atoms with Gasteiger partial charge >= 0.3 is 5.97 Å². The number of hydrogen-bond donors (Lipinski definition) is 1. The van der Waals surface area contributed by atoms with Crippen LogP contribution in [0.15, 0.2) is 30.5 Å². The van der Waals surface area contributed by atoms with Gasteiger partial charge in [0.25, 0.3) is 5.91 Å². The van der Waals surface area contributed by atoms with Crippen molar-refractivity contribution in [3.05, 3.63) is 41.8 Å². The second kappa shape index (κ2) is 5.54. The van der Waals surface area contributed by atoms with Crippen molar-refractivity contribution < 1.29 is 19.1 Å². The van der Waals surface area contributed by atoms with E-state index in [1.54, 1.807) is 18.3 Å². The SMILES string of the molecule is O=C(O)[C@@H]1[C@@H]2CCC[C@@H]2CN1C(=O)c1cc(F)cc2cccnc12. The lowest BCUT2D eigenvalue weighted by Crippen LogP contribution is -2.43. The quantitative estimate of drug-likeness (QED) is 0.920. The molecule has 1 aliphatic carbocycles. The minimum absolute atomic E-state index is 0.000711. The topological polar surface area (TPSA) is 70.5 Å². The van der Waals surface area contributed by atoms with Crippen LogP contribution < -0.4 is 0 Å². The minimum atomic E-state index is -0.980. The zero-order chi connectivity index (χ0) is 16.8. The Morgan fingerprint density at radius 2 is 2.12 bits per heavy atom. The standard InChI is InChI=1S/C18H17FN2O3/c19-12-7-10-4-2-6-20-15(10)14(8-12)17(22)21-9-11-3-1-5-13(11)16(21)18(23)24/h2,4,6-8,11,13,16H,1,3,5,9H2,(H,23,24)/t11-,13-,16+/m1/s1. The average molecular weight is 328 g/mol. The third-order valence-corrected chi connectivity index (χ3v) is 5.30. The number of fused-ring (bicyclic) bond motifs is 2. The molecule has 1 aromatic carbocycles. The highest BCUT2D eigenvalue weighted by molar-refractivity contribution is 6.06. The third-order valence-electron chi connectivity index (χ3n) is 5.30. The number of rotatable bonds is 2. The Morgan fingerprint density at radius 3 is 2.92 bits per heavy atom. The zero-order valence-electron chi connectivity index (χ0n) is 13.0. The van der Waals surface area contributed by atoms with E-state index < -0.39 is 23.7 Å². The number of nitrogens with zero attached hydrogens (tertiary/aromatic N) is 2. The molecular formula is C18H17FN2O3. The molecule has 2 aromatic rings. The number of carboxylic acids is 1. The molecule has 6 heteroatoms. The second-order valence-electron chi connectivity index (χ2n) is 6.62. The summed E-state index contributed by atoms with van der Waals surface area (Å²) in [6.45, 7) is 0.422. The predicted octanol–water partition coefficient (Wildman–Crippen LogP) is 2.70. The van der Waals surface area contributed by atoms with E-state index in [4.69, 9.17) is 0 Å². The molecule has 2 heterocycles. The molecule has 2 aliphatic rings. The molecule has 3 atom stereocenters. The smallest absolute Gasteiger partial charge is 0.326 e. The van der Waals surface area contributed by atoms with Crippen LogP contribution in [0.4, 0.5) is 4.39 Å². The normalized spacial score (nSPS) is 25.9. The molecule has 0 bridgehead atoms. The van der Waals surface area contributed by atoms with Crippen molar-refractivity contribution in [1.29, 1.82) is 0 Å². The lowest BCUT2D eigenvalue weighted by Gasteiger charge is -2.24. The van der Waals surface area contributed by atoms with Gasteiger partial charge in [-0.2, -0.15) is 0 Å². The Morgan fingerprint density at radius 1 is 1.29 bits per heavy atom. The van der Waals surface area contributed by atoms with Crippen molar-refractivity contribution in [2.45, 2.75) is 25.3 Å². The van der Waals surface area contributed by atoms with E-state index in [0.29, 0.717) is 17.4 Å². The summed E-state index contributed by atoms with van der Waals surface area (Å²) in [6.07, 6.45) is 4.32. The van der Waals surface area contributed by atoms with Crippen LogP contribution in [0.3, 0.4) is 0 Å². The number of hydrogen-bond acceptors (Lipinski definition) is 3. The number of aromatic nitrogens is 1. The second-order valence-corrected chi connectivity index (χ2v) is 6.62. The molecule has 4 rings (SSSR count). The van der Waals surface area contributed by atoms with Gasteiger partial charge in [0, 0.05) is 18.1 Å². The third kappa shape index (κ3) is 2.25. The molecule has 2 fully saturated rings. The van der Waals surface area contributed by atoms with Crippen molar-refractivity contribution in [2.24, 2.45) is 11.8 Å². The molecule has 1 N–H and O–H groups in total. The van der Waals surface area contributed by atoms with Gasteiger partial charge in [-0.25, -0.2) is 9.18 Å². The Hall–Kier alpha value is -2.50. The van der Waals surface area contributed by atoms with E-state index in [-0.39, 0.29) is 17.4 Å². The highest BCUT2D eigenvalue weighted by Gasteiger charge is 2.49. The van der Waals surface area contributed by atoms with Gasteiger partial charge in [0.15, 0.2) is 0 Å². The maximum absolute atomic E-state index is 13.9. The number of carbonyl (C=O) groups is 2. The summed E-state index contributed by atoms with van der Waals surface area (Å²) in [7, 11) is 0. The van der Waals surface area contributed by atoms with Crippen LogP contribution in [-0.2, 0) is 4.79 Å². The van der Waals surface area contributed by atoms with Crippen LogP contribution >= 0.6 is 0 Å².